The fraction of sp³-hybridized carbons (Fsp3) is 0.364. The van der Waals surface area contributed by atoms with Crippen LogP contribution in [0.2, 0.25) is 0 Å². The molecule has 1 aliphatic heterocycles. The van der Waals surface area contributed by atoms with Crippen molar-refractivity contribution in [2.45, 2.75) is 12.5 Å². The van der Waals surface area contributed by atoms with Crippen molar-refractivity contribution in [3.8, 4) is 0 Å². The number of hydrogen-bond acceptors (Lipinski definition) is 2. The van der Waals surface area contributed by atoms with Crippen molar-refractivity contribution in [2.24, 2.45) is 11.3 Å². The normalized spacial score (nSPS) is 44.8. The molecule has 3 atom stereocenters. The van der Waals surface area contributed by atoms with Gasteiger partial charge in [0.15, 0.2) is 0 Å². The summed E-state index contributed by atoms with van der Waals surface area (Å²) in [5.74, 6) is 0.285. The zero-order valence-corrected chi connectivity index (χ0v) is 7.14. The Labute approximate surface area is 76.6 Å². The van der Waals surface area contributed by atoms with Gasteiger partial charge in [-0.2, -0.15) is 0 Å². The van der Waals surface area contributed by atoms with E-state index in [2.05, 4.69) is 18.2 Å². The van der Waals surface area contributed by atoms with E-state index in [9.17, 15) is 4.79 Å². The van der Waals surface area contributed by atoms with Crippen LogP contribution in [-0.4, -0.2) is 12.1 Å². The fourth-order valence-electron chi connectivity index (χ4n) is 2.50. The van der Waals surface area contributed by atoms with Gasteiger partial charge in [0.25, 0.3) is 0 Å². The lowest BCUT2D eigenvalue weighted by atomic mass is 9.72. The largest absolute Gasteiger partial charge is 0.457 e. The first-order chi connectivity index (χ1) is 6.31. The summed E-state index contributed by atoms with van der Waals surface area (Å²) < 4.78 is 5.23. The van der Waals surface area contributed by atoms with Gasteiger partial charge in [0.1, 0.15) is 6.10 Å². The van der Waals surface area contributed by atoms with Gasteiger partial charge in [-0.3, -0.25) is 4.79 Å². The number of carbonyl (C=O) groups excluding carboxylic acids is 1. The average Bonchev–Trinajstić information content (AvgIpc) is 2.57. The van der Waals surface area contributed by atoms with Crippen LogP contribution in [0.5, 0.6) is 0 Å². The summed E-state index contributed by atoms with van der Waals surface area (Å²) in [6.07, 6.45) is 12.9. The molecule has 1 heterocycles. The summed E-state index contributed by atoms with van der Waals surface area (Å²) in [7, 11) is 0. The van der Waals surface area contributed by atoms with Crippen LogP contribution in [0.15, 0.2) is 36.5 Å². The second kappa shape index (κ2) is 2.13. The van der Waals surface area contributed by atoms with Gasteiger partial charge in [0.05, 0.1) is 6.42 Å². The molecule has 0 amide bonds. The molecule has 2 nitrogen and oxygen atoms in total. The molecule has 3 rings (SSSR count). The maximum Gasteiger partial charge on any atom is 0.307 e. The van der Waals surface area contributed by atoms with Gasteiger partial charge >= 0.3 is 5.97 Å². The van der Waals surface area contributed by atoms with E-state index in [4.69, 9.17) is 4.74 Å². The average molecular weight is 174 g/mol. The molecule has 0 aromatic carbocycles. The molecule has 1 spiro atoms. The predicted molar refractivity (Wildman–Crippen MR) is 47.8 cm³/mol. The molecule has 1 saturated heterocycles. The highest BCUT2D eigenvalue weighted by Crippen LogP contribution is 2.50. The van der Waals surface area contributed by atoms with E-state index in [1.165, 1.54) is 0 Å². The van der Waals surface area contributed by atoms with E-state index in [-0.39, 0.29) is 17.5 Å². The Kier molecular flexibility index (Phi) is 1.17. The van der Waals surface area contributed by atoms with Gasteiger partial charge < -0.3 is 4.74 Å². The van der Waals surface area contributed by atoms with Crippen molar-refractivity contribution in [3.05, 3.63) is 36.5 Å². The molecule has 3 aliphatic rings. The minimum atomic E-state index is -0.0775. The maximum atomic E-state index is 11.2. The van der Waals surface area contributed by atoms with Gasteiger partial charge in [0.2, 0.25) is 0 Å². The maximum absolute atomic E-state index is 11.2. The smallest absolute Gasteiger partial charge is 0.307 e. The van der Waals surface area contributed by atoms with Crippen LogP contribution < -0.4 is 0 Å². The Morgan fingerprint density at radius 3 is 3.15 bits per heavy atom. The molecule has 0 N–H and O–H groups in total. The predicted octanol–water partition coefficient (Wildman–Crippen LogP) is 1.60. The summed E-state index contributed by atoms with van der Waals surface area (Å²) in [6, 6.07) is 0. The molecule has 0 aromatic heterocycles. The number of hydrogen-bond donors (Lipinski definition) is 0. The molecule has 1 fully saturated rings. The standard InChI is InChI=1S/C11H10O2/c12-10-7-11-6-2-1-3-8(11)4-5-9(11)13-10/h1-6,8-9H,7H2/t8-,9+,11+/m1/s1. The Balaban J connectivity index is 2.09. The van der Waals surface area contributed by atoms with Crippen LogP contribution in [0.3, 0.4) is 0 Å². The Morgan fingerprint density at radius 2 is 2.23 bits per heavy atom. The van der Waals surface area contributed by atoms with Crippen LogP contribution in [0.4, 0.5) is 0 Å². The molecule has 13 heavy (non-hydrogen) atoms. The topological polar surface area (TPSA) is 26.3 Å². The van der Waals surface area contributed by atoms with Crippen LogP contribution in [0.1, 0.15) is 6.42 Å². The lowest BCUT2D eigenvalue weighted by Gasteiger charge is -2.29. The summed E-state index contributed by atoms with van der Waals surface area (Å²) in [6.45, 7) is 0. The second-order valence-corrected chi connectivity index (χ2v) is 3.85. The molecule has 0 radical (unpaired) electrons. The molecule has 66 valence electrons. The zero-order chi connectivity index (χ0) is 8.89. The molecular formula is C11H10O2. The first kappa shape index (κ1) is 7.13. The highest BCUT2D eigenvalue weighted by atomic mass is 16.6. The summed E-state index contributed by atoms with van der Waals surface area (Å²) >= 11 is 0. The number of rotatable bonds is 0. The molecule has 2 heteroatoms. The van der Waals surface area contributed by atoms with Crippen LogP contribution in [0, 0.1) is 11.3 Å². The Hall–Kier alpha value is -1.31. The van der Waals surface area contributed by atoms with E-state index in [1.54, 1.807) is 0 Å². The van der Waals surface area contributed by atoms with Crippen LogP contribution >= 0.6 is 0 Å². The quantitative estimate of drug-likeness (QED) is 0.412. The summed E-state index contributed by atoms with van der Waals surface area (Å²) in [4.78, 5) is 11.2. The molecule has 0 bridgehead atoms. The van der Waals surface area contributed by atoms with Crippen molar-refractivity contribution >= 4 is 5.97 Å². The van der Waals surface area contributed by atoms with Gasteiger partial charge in [-0.15, -0.1) is 0 Å². The van der Waals surface area contributed by atoms with Crippen molar-refractivity contribution in [1.29, 1.82) is 0 Å². The van der Waals surface area contributed by atoms with Crippen molar-refractivity contribution in [2.75, 3.05) is 0 Å². The van der Waals surface area contributed by atoms with E-state index in [0.717, 1.165) is 0 Å². The van der Waals surface area contributed by atoms with Gasteiger partial charge in [-0.05, 0) is 6.08 Å². The number of esters is 1. The first-order valence-corrected chi connectivity index (χ1v) is 4.55. The molecule has 0 aromatic rings. The van der Waals surface area contributed by atoms with E-state index in [1.807, 2.05) is 18.2 Å². The fourth-order valence-corrected chi connectivity index (χ4v) is 2.50. The van der Waals surface area contributed by atoms with Gasteiger partial charge in [-0.25, -0.2) is 0 Å². The van der Waals surface area contributed by atoms with E-state index in [0.29, 0.717) is 12.3 Å². The zero-order valence-electron chi connectivity index (χ0n) is 7.14. The summed E-state index contributed by atoms with van der Waals surface area (Å²) in [5, 5.41) is 0. The lowest BCUT2D eigenvalue weighted by Crippen LogP contribution is -2.30. The third-order valence-electron chi connectivity index (χ3n) is 3.19. The number of carbonyl (C=O) groups is 1. The Bertz CT molecular complexity index is 351. The molecule has 0 saturated carbocycles. The summed E-state index contributed by atoms with van der Waals surface area (Å²) in [5.41, 5.74) is -0.0775. The SMILES string of the molecule is O=C1C[C@@]23C=CC=C[C@@H]2C=C[C@@H]3O1. The minimum Gasteiger partial charge on any atom is -0.457 e. The monoisotopic (exact) mass is 174 g/mol. The lowest BCUT2D eigenvalue weighted by molar-refractivity contribution is -0.140. The van der Waals surface area contributed by atoms with Crippen molar-refractivity contribution in [1.82, 2.24) is 0 Å². The first-order valence-electron chi connectivity index (χ1n) is 4.55. The van der Waals surface area contributed by atoms with E-state index >= 15 is 0 Å². The Morgan fingerprint density at radius 1 is 1.31 bits per heavy atom. The van der Waals surface area contributed by atoms with Crippen molar-refractivity contribution < 1.29 is 9.53 Å². The second-order valence-electron chi connectivity index (χ2n) is 3.85. The van der Waals surface area contributed by atoms with Gasteiger partial charge in [0, 0.05) is 11.3 Å². The van der Waals surface area contributed by atoms with Crippen LogP contribution in [0.25, 0.3) is 0 Å². The molecule has 0 unspecified atom stereocenters. The highest BCUT2D eigenvalue weighted by Gasteiger charge is 2.53. The number of ether oxygens (including phenoxy) is 1. The third-order valence-corrected chi connectivity index (χ3v) is 3.19. The number of allylic oxidation sites excluding steroid dienone is 4. The van der Waals surface area contributed by atoms with Crippen molar-refractivity contribution in [3.63, 3.8) is 0 Å². The minimum absolute atomic E-state index is 0.0220. The molecular weight excluding hydrogens is 164 g/mol. The highest BCUT2D eigenvalue weighted by molar-refractivity contribution is 5.75. The van der Waals surface area contributed by atoms with Crippen LogP contribution in [-0.2, 0) is 9.53 Å². The third kappa shape index (κ3) is 0.755. The van der Waals surface area contributed by atoms with E-state index < -0.39 is 0 Å². The van der Waals surface area contributed by atoms with Gasteiger partial charge in [-0.1, -0.05) is 30.4 Å². The molecule has 2 aliphatic carbocycles.